The lowest BCUT2D eigenvalue weighted by molar-refractivity contribution is 0.301. The molecule has 1 aromatic heterocycles. The van der Waals surface area contributed by atoms with Crippen LogP contribution in [0.15, 0.2) is 47.1 Å². The minimum absolute atomic E-state index is 0.487. The SMILES string of the molecule is CC(C)CNCc1ccc(COc2ccc(Br)cc2)nc1. The Labute approximate surface area is 134 Å². The number of halogens is 1. The molecule has 4 heteroatoms. The van der Waals surface area contributed by atoms with Crippen molar-refractivity contribution in [1.82, 2.24) is 10.3 Å². The molecule has 0 unspecified atom stereocenters. The number of hydrogen-bond acceptors (Lipinski definition) is 3. The predicted octanol–water partition coefficient (Wildman–Crippen LogP) is 4.17. The van der Waals surface area contributed by atoms with E-state index in [9.17, 15) is 0 Å². The normalized spacial score (nSPS) is 10.9. The second-order valence-corrected chi connectivity index (χ2v) is 6.34. The van der Waals surface area contributed by atoms with Crippen LogP contribution < -0.4 is 10.1 Å². The summed E-state index contributed by atoms with van der Waals surface area (Å²) >= 11 is 3.41. The summed E-state index contributed by atoms with van der Waals surface area (Å²) < 4.78 is 6.75. The summed E-state index contributed by atoms with van der Waals surface area (Å²) in [6, 6.07) is 11.9. The summed E-state index contributed by atoms with van der Waals surface area (Å²) in [6.07, 6.45) is 1.91. The van der Waals surface area contributed by atoms with Gasteiger partial charge in [-0.1, -0.05) is 35.8 Å². The van der Waals surface area contributed by atoms with Gasteiger partial charge in [0.15, 0.2) is 0 Å². The average molecular weight is 349 g/mol. The summed E-state index contributed by atoms with van der Waals surface area (Å²) in [4.78, 5) is 4.43. The van der Waals surface area contributed by atoms with E-state index in [2.05, 4.69) is 46.1 Å². The molecule has 0 aliphatic carbocycles. The molecule has 0 bridgehead atoms. The molecule has 1 aromatic carbocycles. The van der Waals surface area contributed by atoms with Crippen molar-refractivity contribution in [1.29, 1.82) is 0 Å². The molecule has 0 saturated heterocycles. The van der Waals surface area contributed by atoms with Gasteiger partial charge in [-0.25, -0.2) is 0 Å². The number of hydrogen-bond donors (Lipinski definition) is 1. The lowest BCUT2D eigenvalue weighted by atomic mass is 10.2. The van der Waals surface area contributed by atoms with Crippen LogP contribution in [0.2, 0.25) is 0 Å². The maximum atomic E-state index is 5.70. The van der Waals surface area contributed by atoms with E-state index < -0.39 is 0 Å². The third-order valence-electron chi connectivity index (χ3n) is 2.97. The van der Waals surface area contributed by atoms with Crippen molar-refractivity contribution in [3.63, 3.8) is 0 Å². The minimum Gasteiger partial charge on any atom is -0.487 e. The summed E-state index contributed by atoms with van der Waals surface area (Å²) in [5.74, 6) is 1.51. The maximum absolute atomic E-state index is 5.70. The molecule has 0 amide bonds. The van der Waals surface area contributed by atoms with Crippen LogP contribution in [-0.2, 0) is 13.2 Å². The monoisotopic (exact) mass is 348 g/mol. The van der Waals surface area contributed by atoms with Crippen LogP contribution in [0.3, 0.4) is 0 Å². The molecule has 1 heterocycles. The van der Waals surface area contributed by atoms with Crippen molar-refractivity contribution in [2.75, 3.05) is 6.54 Å². The van der Waals surface area contributed by atoms with Crippen LogP contribution in [0.5, 0.6) is 5.75 Å². The van der Waals surface area contributed by atoms with Gasteiger partial charge >= 0.3 is 0 Å². The fraction of sp³-hybridized carbons (Fsp3) is 0.353. The standard InChI is InChI=1S/C17H21BrN2O/c1-13(2)9-19-10-14-3-6-16(20-11-14)12-21-17-7-4-15(18)5-8-17/h3-8,11,13,19H,9-10,12H2,1-2H3. The first-order valence-electron chi connectivity index (χ1n) is 7.16. The van der Waals surface area contributed by atoms with Gasteiger partial charge in [0.05, 0.1) is 5.69 Å². The molecule has 2 aromatic rings. The van der Waals surface area contributed by atoms with E-state index in [4.69, 9.17) is 4.74 Å². The Morgan fingerprint density at radius 1 is 1.14 bits per heavy atom. The molecular formula is C17H21BrN2O. The van der Waals surface area contributed by atoms with Crippen LogP contribution in [0.1, 0.15) is 25.1 Å². The summed E-state index contributed by atoms with van der Waals surface area (Å²) in [6.45, 7) is 6.77. The lowest BCUT2D eigenvalue weighted by Gasteiger charge is -2.08. The number of pyridine rings is 1. The molecular weight excluding hydrogens is 328 g/mol. The van der Waals surface area contributed by atoms with Gasteiger partial charge in [0.25, 0.3) is 0 Å². The second-order valence-electron chi connectivity index (χ2n) is 5.43. The summed E-state index contributed by atoms with van der Waals surface area (Å²) in [7, 11) is 0. The highest BCUT2D eigenvalue weighted by molar-refractivity contribution is 9.10. The van der Waals surface area contributed by atoms with Crippen LogP contribution in [0.25, 0.3) is 0 Å². The summed E-state index contributed by atoms with van der Waals surface area (Å²) in [5, 5.41) is 3.41. The molecule has 112 valence electrons. The minimum atomic E-state index is 0.487. The molecule has 0 aliphatic heterocycles. The molecule has 0 atom stereocenters. The van der Waals surface area contributed by atoms with E-state index in [1.165, 1.54) is 5.56 Å². The van der Waals surface area contributed by atoms with Crippen LogP contribution >= 0.6 is 15.9 Å². The van der Waals surface area contributed by atoms with Crippen molar-refractivity contribution < 1.29 is 4.74 Å². The van der Waals surface area contributed by atoms with E-state index in [-0.39, 0.29) is 0 Å². The molecule has 2 rings (SSSR count). The first-order chi connectivity index (χ1) is 10.1. The number of ether oxygens (including phenoxy) is 1. The fourth-order valence-corrected chi connectivity index (χ4v) is 2.10. The average Bonchev–Trinajstić information content (AvgIpc) is 2.48. The van der Waals surface area contributed by atoms with Gasteiger partial charge < -0.3 is 10.1 Å². The van der Waals surface area contributed by atoms with Crippen LogP contribution in [-0.4, -0.2) is 11.5 Å². The van der Waals surface area contributed by atoms with Crippen molar-refractivity contribution in [2.45, 2.75) is 27.0 Å². The van der Waals surface area contributed by atoms with Crippen LogP contribution in [0.4, 0.5) is 0 Å². The van der Waals surface area contributed by atoms with Gasteiger partial charge in [-0.3, -0.25) is 4.98 Å². The van der Waals surface area contributed by atoms with Gasteiger partial charge in [-0.2, -0.15) is 0 Å². The predicted molar refractivity (Wildman–Crippen MR) is 89.3 cm³/mol. The lowest BCUT2D eigenvalue weighted by Crippen LogP contribution is -2.19. The Hall–Kier alpha value is -1.39. The molecule has 0 aliphatic rings. The van der Waals surface area contributed by atoms with E-state index in [1.54, 1.807) is 0 Å². The quantitative estimate of drug-likeness (QED) is 0.815. The topological polar surface area (TPSA) is 34.1 Å². The van der Waals surface area contributed by atoms with Gasteiger partial charge in [-0.05, 0) is 48.4 Å². The molecule has 0 fully saturated rings. The van der Waals surface area contributed by atoms with E-state index in [0.717, 1.165) is 29.0 Å². The van der Waals surface area contributed by atoms with Crippen molar-refractivity contribution in [3.8, 4) is 5.75 Å². The van der Waals surface area contributed by atoms with Crippen molar-refractivity contribution in [2.24, 2.45) is 5.92 Å². The Morgan fingerprint density at radius 3 is 2.52 bits per heavy atom. The highest BCUT2D eigenvalue weighted by Crippen LogP contribution is 2.17. The van der Waals surface area contributed by atoms with Crippen molar-refractivity contribution in [3.05, 3.63) is 58.3 Å². The third kappa shape index (κ3) is 5.86. The van der Waals surface area contributed by atoms with E-state index in [0.29, 0.717) is 12.5 Å². The van der Waals surface area contributed by atoms with Gasteiger partial charge in [0.1, 0.15) is 12.4 Å². The number of aromatic nitrogens is 1. The van der Waals surface area contributed by atoms with Crippen LogP contribution in [0, 0.1) is 5.92 Å². The van der Waals surface area contributed by atoms with Gasteiger partial charge in [-0.15, -0.1) is 0 Å². The number of benzene rings is 1. The largest absolute Gasteiger partial charge is 0.487 e. The van der Waals surface area contributed by atoms with E-state index in [1.807, 2.05) is 36.5 Å². The zero-order valence-corrected chi connectivity index (χ0v) is 14.1. The molecule has 21 heavy (non-hydrogen) atoms. The maximum Gasteiger partial charge on any atom is 0.130 e. The molecule has 0 spiro atoms. The highest BCUT2D eigenvalue weighted by atomic mass is 79.9. The highest BCUT2D eigenvalue weighted by Gasteiger charge is 1.99. The number of nitrogens with zero attached hydrogens (tertiary/aromatic N) is 1. The zero-order valence-electron chi connectivity index (χ0n) is 12.5. The Kier molecular flexibility index (Phi) is 6.21. The van der Waals surface area contributed by atoms with Gasteiger partial charge in [0, 0.05) is 17.2 Å². The first kappa shape index (κ1) is 16.0. The molecule has 3 nitrogen and oxygen atoms in total. The Bertz CT molecular complexity index is 538. The third-order valence-corrected chi connectivity index (χ3v) is 3.50. The fourth-order valence-electron chi connectivity index (χ4n) is 1.84. The zero-order chi connectivity index (χ0) is 15.1. The Balaban J connectivity index is 1.80. The molecule has 0 radical (unpaired) electrons. The smallest absolute Gasteiger partial charge is 0.130 e. The molecule has 1 N–H and O–H groups in total. The van der Waals surface area contributed by atoms with Gasteiger partial charge in [0.2, 0.25) is 0 Å². The summed E-state index contributed by atoms with van der Waals surface area (Å²) in [5.41, 5.74) is 2.13. The van der Waals surface area contributed by atoms with E-state index >= 15 is 0 Å². The van der Waals surface area contributed by atoms with Crippen molar-refractivity contribution >= 4 is 15.9 Å². The number of nitrogens with one attached hydrogen (secondary N) is 1. The second kappa shape index (κ2) is 8.15. The first-order valence-corrected chi connectivity index (χ1v) is 7.95. The Morgan fingerprint density at radius 2 is 1.90 bits per heavy atom. The molecule has 0 saturated carbocycles. The number of rotatable bonds is 7.